The maximum Gasteiger partial charge on any atom is 0.171 e. The summed E-state index contributed by atoms with van der Waals surface area (Å²) in [5.74, 6) is 2.57. The van der Waals surface area contributed by atoms with Gasteiger partial charge in [0.15, 0.2) is 11.0 Å². The summed E-state index contributed by atoms with van der Waals surface area (Å²) in [6.07, 6.45) is 3.24. The summed E-state index contributed by atoms with van der Waals surface area (Å²) >= 11 is 5.93. The lowest BCUT2D eigenvalue weighted by Gasteiger charge is -2.25. The van der Waals surface area contributed by atoms with Crippen LogP contribution in [0.2, 0.25) is 5.15 Å². The van der Waals surface area contributed by atoms with Gasteiger partial charge in [-0.25, -0.2) is 9.97 Å². The Morgan fingerprint density at radius 2 is 1.69 bits per heavy atom. The van der Waals surface area contributed by atoms with Gasteiger partial charge in [0.2, 0.25) is 0 Å². The second-order valence-electron chi connectivity index (χ2n) is 4.73. The minimum absolute atomic E-state index is 0.439. The molecule has 0 saturated carbocycles. The molecular weight excluding hydrogens is 222 g/mol. The molecule has 0 amide bonds. The van der Waals surface area contributed by atoms with E-state index < -0.39 is 0 Å². The van der Waals surface area contributed by atoms with E-state index in [9.17, 15) is 0 Å². The summed E-state index contributed by atoms with van der Waals surface area (Å²) in [5.41, 5.74) is 0. The summed E-state index contributed by atoms with van der Waals surface area (Å²) < 4.78 is 0. The van der Waals surface area contributed by atoms with Gasteiger partial charge in [-0.15, -0.1) is 0 Å². The Hall–Kier alpha value is -0.830. The smallest absolute Gasteiger partial charge is 0.171 e. The van der Waals surface area contributed by atoms with Crippen LogP contribution in [0.3, 0.4) is 0 Å². The van der Waals surface area contributed by atoms with E-state index in [1.165, 1.54) is 0 Å². The van der Waals surface area contributed by atoms with E-state index in [-0.39, 0.29) is 0 Å². The van der Waals surface area contributed by atoms with Crippen molar-refractivity contribution in [2.75, 3.05) is 11.9 Å². The molecule has 90 valence electrons. The van der Waals surface area contributed by atoms with Gasteiger partial charge in [0.05, 0.1) is 0 Å². The minimum atomic E-state index is 0.439. The molecule has 0 aliphatic heterocycles. The summed E-state index contributed by atoms with van der Waals surface area (Å²) in [6.45, 7) is 9.85. The number of hydrogen-bond acceptors (Lipinski definition) is 3. The van der Waals surface area contributed by atoms with Crippen LogP contribution in [-0.2, 0) is 0 Å². The summed E-state index contributed by atoms with van der Waals surface area (Å²) in [7, 11) is 0. The van der Waals surface area contributed by atoms with E-state index >= 15 is 0 Å². The van der Waals surface area contributed by atoms with Crippen LogP contribution >= 0.6 is 11.6 Å². The van der Waals surface area contributed by atoms with Crippen molar-refractivity contribution in [2.45, 2.75) is 27.7 Å². The maximum atomic E-state index is 5.93. The number of aromatic nitrogens is 2. The lowest BCUT2D eigenvalue weighted by atomic mass is 9.85. The molecule has 16 heavy (non-hydrogen) atoms. The van der Waals surface area contributed by atoms with Crippen molar-refractivity contribution in [3.8, 4) is 0 Å². The molecule has 0 aliphatic carbocycles. The highest BCUT2D eigenvalue weighted by atomic mass is 35.5. The first kappa shape index (κ1) is 13.2. The average molecular weight is 242 g/mol. The zero-order chi connectivity index (χ0) is 12.1. The van der Waals surface area contributed by atoms with Gasteiger partial charge in [0, 0.05) is 18.9 Å². The Kier molecular flexibility index (Phi) is 5.00. The van der Waals surface area contributed by atoms with Gasteiger partial charge in [0.1, 0.15) is 0 Å². The van der Waals surface area contributed by atoms with Gasteiger partial charge in [-0.2, -0.15) is 0 Å². The third-order valence-electron chi connectivity index (χ3n) is 2.87. The molecule has 3 nitrogen and oxygen atoms in total. The number of halogens is 1. The van der Waals surface area contributed by atoms with E-state index in [1.807, 2.05) is 0 Å². The molecule has 4 heteroatoms. The van der Waals surface area contributed by atoms with Crippen LogP contribution in [0, 0.1) is 17.8 Å². The first-order chi connectivity index (χ1) is 7.52. The fraction of sp³-hybridized carbons (Fsp3) is 0.667. The molecule has 1 heterocycles. The lowest BCUT2D eigenvalue weighted by molar-refractivity contribution is 0.304. The third-order valence-corrected chi connectivity index (χ3v) is 3.15. The number of nitrogens with zero attached hydrogens (tertiary/aromatic N) is 2. The van der Waals surface area contributed by atoms with Crippen molar-refractivity contribution in [3.05, 3.63) is 17.5 Å². The summed E-state index contributed by atoms with van der Waals surface area (Å²) in [5, 5.41) is 3.71. The van der Waals surface area contributed by atoms with E-state index in [2.05, 4.69) is 43.0 Å². The second kappa shape index (κ2) is 6.04. The molecule has 1 rings (SSSR count). The average Bonchev–Trinajstić information content (AvgIpc) is 2.20. The molecule has 1 aromatic heterocycles. The Morgan fingerprint density at radius 1 is 1.12 bits per heavy atom. The van der Waals surface area contributed by atoms with Crippen LogP contribution in [0.25, 0.3) is 0 Å². The maximum absolute atomic E-state index is 5.93. The van der Waals surface area contributed by atoms with Gasteiger partial charge < -0.3 is 5.32 Å². The fourth-order valence-electron chi connectivity index (χ4n) is 1.90. The number of hydrogen-bond donors (Lipinski definition) is 1. The second-order valence-corrected chi connectivity index (χ2v) is 5.09. The largest absolute Gasteiger partial charge is 0.367 e. The highest BCUT2D eigenvalue weighted by Gasteiger charge is 2.17. The molecule has 1 N–H and O–H groups in total. The zero-order valence-corrected chi connectivity index (χ0v) is 11.1. The Balaban J connectivity index is 2.59. The highest BCUT2D eigenvalue weighted by Crippen LogP contribution is 2.22. The van der Waals surface area contributed by atoms with Crippen molar-refractivity contribution in [3.63, 3.8) is 0 Å². The van der Waals surface area contributed by atoms with Gasteiger partial charge in [-0.05, 0) is 17.8 Å². The minimum Gasteiger partial charge on any atom is -0.367 e. The van der Waals surface area contributed by atoms with Crippen molar-refractivity contribution in [1.82, 2.24) is 9.97 Å². The first-order valence-electron chi connectivity index (χ1n) is 5.72. The number of rotatable bonds is 5. The monoisotopic (exact) mass is 241 g/mol. The molecule has 0 radical (unpaired) electrons. The zero-order valence-electron chi connectivity index (χ0n) is 10.4. The molecular formula is C12H20ClN3. The standard InChI is InChI=1S/C12H20ClN3/c1-8(2)10(9(3)4)7-16-12-11(13)14-5-6-15-12/h5-6,8-10H,7H2,1-4H3,(H,15,16). The molecule has 0 aromatic carbocycles. The Bertz CT molecular complexity index is 318. The van der Waals surface area contributed by atoms with E-state index in [4.69, 9.17) is 11.6 Å². The molecule has 0 unspecified atom stereocenters. The van der Waals surface area contributed by atoms with E-state index in [0.717, 1.165) is 6.54 Å². The predicted molar refractivity (Wildman–Crippen MR) is 68.7 cm³/mol. The fourth-order valence-corrected chi connectivity index (χ4v) is 2.07. The molecule has 0 spiro atoms. The highest BCUT2D eigenvalue weighted by molar-refractivity contribution is 6.31. The van der Waals surface area contributed by atoms with Crippen LogP contribution < -0.4 is 5.32 Å². The van der Waals surface area contributed by atoms with Crippen LogP contribution in [0.4, 0.5) is 5.82 Å². The van der Waals surface area contributed by atoms with Crippen molar-refractivity contribution < 1.29 is 0 Å². The molecule has 0 fully saturated rings. The van der Waals surface area contributed by atoms with Crippen LogP contribution in [-0.4, -0.2) is 16.5 Å². The van der Waals surface area contributed by atoms with Crippen molar-refractivity contribution >= 4 is 17.4 Å². The molecule has 0 aliphatic rings. The molecule has 0 atom stereocenters. The Labute approximate surface area is 103 Å². The first-order valence-corrected chi connectivity index (χ1v) is 6.10. The number of anilines is 1. The van der Waals surface area contributed by atoms with Gasteiger partial charge >= 0.3 is 0 Å². The molecule has 0 saturated heterocycles. The normalized spacial score (nSPS) is 11.5. The lowest BCUT2D eigenvalue weighted by Crippen LogP contribution is -2.25. The van der Waals surface area contributed by atoms with Crippen LogP contribution in [0.1, 0.15) is 27.7 Å². The van der Waals surface area contributed by atoms with Crippen LogP contribution in [0.15, 0.2) is 12.4 Å². The SMILES string of the molecule is CC(C)C(CNc1nccnc1Cl)C(C)C. The summed E-state index contributed by atoms with van der Waals surface area (Å²) in [6, 6.07) is 0. The van der Waals surface area contributed by atoms with Gasteiger partial charge in [-0.1, -0.05) is 39.3 Å². The number of nitrogens with one attached hydrogen (secondary N) is 1. The van der Waals surface area contributed by atoms with Crippen LogP contribution in [0.5, 0.6) is 0 Å². The van der Waals surface area contributed by atoms with E-state index in [0.29, 0.717) is 28.7 Å². The summed E-state index contributed by atoms with van der Waals surface area (Å²) in [4.78, 5) is 8.15. The molecule has 0 bridgehead atoms. The van der Waals surface area contributed by atoms with Crippen molar-refractivity contribution in [1.29, 1.82) is 0 Å². The van der Waals surface area contributed by atoms with Crippen molar-refractivity contribution in [2.24, 2.45) is 17.8 Å². The predicted octanol–water partition coefficient (Wildman–Crippen LogP) is 3.47. The quantitative estimate of drug-likeness (QED) is 0.858. The van der Waals surface area contributed by atoms with Gasteiger partial charge in [-0.3, -0.25) is 0 Å². The topological polar surface area (TPSA) is 37.8 Å². The third kappa shape index (κ3) is 3.63. The Morgan fingerprint density at radius 3 is 2.19 bits per heavy atom. The molecule has 1 aromatic rings. The van der Waals surface area contributed by atoms with Gasteiger partial charge in [0.25, 0.3) is 0 Å². The van der Waals surface area contributed by atoms with E-state index in [1.54, 1.807) is 12.4 Å².